The summed E-state index contributed by atoms with van der Waals surface area (Å²) in [7, 11) is 0. The van der Waals surface area contributed by atoms with Crippen LogP contribution in [0.25, 0.3) is 10.2 Å². The van der Waals surface area contributed by atoms with Crippen LogP contribution in [-0.2, 0) is 11.3 Å². The lowest BCUT2D eigenvalue weighted by molar-refractivity contribution is -0.0887. The van der Waals surface area contributed by atoms with Crippen molar-refractivity contribution in [1.29, 1.82) is 0 Å². The van der Waals surface area contributed by atoms with Gasteiger partial charge < -0.3 is 10.2 Å². The van der Waals surface area contributed by atoms with E-state index in [2.05, 4.69) is 34.1 Å². The third-order valence-corrected chi connectivity index (χ3v) is 4.18. The summed E-state index contributed by atoms with van der Waals surface area (Å²) in [6.45, 7) is 7.46. The predicted octanol–water partition coefficient (Wildman–Crippen LogP) is 1.59. The van der Waals surface area contributed by atoms with Crippen molar-refractivity contribution in [2.75, 3.05) is 25.1 Å². The van der Waals surface area contributed by atoms with Crippen molar-refractivity contribution >= 4 is 27.4 Å². The highest BCUT2D eigenvalue weighted by Crippen LogP contribution is 2.25. The standard InChI is InChI=1S/C13H19N5OS/c1-13(2)8-18(4-5-19-13)7-10-15-11(17-14)9-3-6-20-12(9)16-10/h3,6H,4-5,7-8,14H2,1-2H3,(H,15,16,17). The molecule has 3 heterocycles. The Bertz CT molecular complexity index is 612. The Kier molecular flexibility index (Phi) is 3.59. The van der Waals surface area contributed by atoms with Gasteiger partial charge in [0.15, 0.2) is 5.82 Å². The van der Waals surface area contributed by atoms with Gasteiger partial charge in [-0.05, 0) is 25.3 Å². The first-order valence-corrected chi connectivity index (χ1v) is 7.52. The van der Waals surface area contributed by atoms with Crippen molar-refractivity contribution in [3.05, 3.63) is 17.3 Å². The fourth-order valence-electron chi connectivity index (χ4n) is 2.53. The molecule has 20 heavy (non-hydrogen) atoms. The monoisotopic (exact) mass is 293 g/mol. The summed E-state index contributed by atoms with van der Waals surface area (Å²) >= 11 is 1.60. The minimum Gasteiger partial charge on any atom is -0.373 e. The number of anilines is 1. The molecule has 0 aromatic carbocycles. The molecule has 0 spiro atoms. The number of rotatable bonds is 3. The van der Waals surface area contributed by atoms with E-state index in [1.165, 1.54) is 0 Å². The summed E-state index contributed by atoms with van der Waals surface area (Å²) < 4.78 is 5.72. The molecule has 0 bridgehead atoms. The number of morpholine rings is 1. The lowest BCUT2D eigenvalue weighted by atomic mass is 10.1. The molecule has 1 saturated heterocycles. The molecule has 0 saturated carbocycles. The third-order valence-electron chi connectivity index (χ3n) is 3.38. The van der Waals surface area contributed by atoms with Gasteiger partial charge >= 0.3 is 0 Å². The Morgan fingerprint density at radius 3 is 3.10 bits per heavy atom. The van der Waals surface area contributed by atoms with E-state index in [1.54, 1.807) is 11.3 Å². The smallest absolute Gasteiger partial charge is 0.152 e. The van der Waals surface area contributed by atoms with Gasteiger partial charge in [-0.1, -0.05) is 0 Å². The Morgan fingerprint density at radius 2 is 2.35 bits per heavy atom. The molecule has 6 nitrogen and oxygen atoms in total. The van der Waals surface area contributed by atoms with Crippen LogP contribution in [0.3, 0.4) is 0 Å². The molecule has 1 aliphatic rings. The first-order chi connectivity index (χ1) is 9.57. The van der Waals surface area contributed by atoms with Crippen LogP contribution in [0.2, 0.25) is 0 Å². The largest absolute Gasteiger partial charge is 0.373 e. The van der Waals surface area contributed by atoms with Gasteiger partial charge in [0.1, 0.15) is 10.7 Å². The molecule has 2 aromatic heterocycles. The fraction of sp³-hybridized carbons (Fsp3) is 0.538. The number of nitrogens with zero attached hydrogens (tertiary/aromatic N) is 3. The van der Waals surface area contributed by atoms with Gasteiger partial charge in [0.2, 0.25) is 0 Å². The molecule has 3 rings (SSSR count). The summed E-state index contributed by atoms with van der Waals surface area (Å²) in [6.07, 6.45) is 0. The summed E-state index contributed by atoms with van der Waals surface area (Å²) in [5, 5.41) is 2.98. The minimum atomic E-state index is -0.111. The average molecular weight is 293 g/mol. The lowest BCUT2D eigenvalue weighted by Gasteiger charge is -2.37. The number of nitrogen functional groups attached to an aromatic ring is 1. The molecule has 108 valence electrons. The predicted molar refractivity (Wildman–Crippen MR) is 80.5 cm³/mol. The van der Waals surface area contributed by atoms with Gasteiger partial charge in [-0.3, -0.25) is 4.90 Å². The molecule has 0 amide bonds. The van der Waals surface area contributed by atoms with Crippen LogP contribution in [0.15, 0.2) is 11.4 Å². The van der Waals surface area contributed by atoms with E-state index >= 15 is 0 Å². The second-order valence-electron chi connectivity index (χ2n) is 5.59. The molecular formula is C13H19N5OS. The van der Waals surface area contributed by atoms with Crippen molar-refractivity contribution in [2.45, 2.75) is 26.0 Å². The Morgan fingerprint density at radius 1 is 1.50 bits per heavy atom. The quantitative estimate of drug-likeness (QED) is 0.661. The number of hydrogen-bond donors (Lipinski definition) is 2. The van der Waals surface area contributed by atoms with Crippen molar-refractivity contribution < 1.29 is 4.74 Å². The summed E-state index contributed by atoms with van der Waals surface area (Å²) in [6, 6.07) is 1.98. The molecule has 2 aromatic rings. The molecule has 0 atom stereocenters. The first kappa shape index (κ1) is 13.7. The second-order valence-corrected chi connectivity index (χ2v) is 6.49. The minimum absolute atomic E-state index is 0.111. The lowest BCUT2D eigenvalue weighted by Crippen LogP contribution is -2.47. The Balaban J connectivity index is 1.83. The number of thiophene rings is 1. The van der Waals surface area contributed by atoms with E-state index < -0.39 is 0 Å². The van der Waals surface area contributed by atoms with Crippen molar-refractivity contribution in [3.63, 3.8) is 0 Å². The second kappa shape index (κ2) is 5.25. The number of fused-ring (bicyclic) bond motifs is 1. The summed E-state index contributed by atoms with van der Waals surface area (Å²) in [4.78, 5) is 12.4. The van der Waals surface area contributed by atoms with Crippen molar-refractivity contribution in [1.82, 2.24) is 14.9 Å². The van der Waals surface area contributed by atoms with Crippen LogP contribution in [0, 0.1) is 0 Å². The van der Waals surface area contributed by atoms with E-state index in [0.29, 0.717) is 5.82 Å². The summed E-state index contributed by atoms with van der Waals surface area (Å²) in [5.41, 5.74) is 2.55. The number of aromatic nitrogens is 2. The number of nitrogens with two attached hydrogens (primary N) is 1. The SMILES string of the molecule is CC1(C)CN(Cc2nc(NN)c3ccsc3n2)CCO1. The molecule has 0 aliphatic carbocycles. The number of ether oxygens (including phenoxy) is 1. The maximum absolute atomic E-state index is 5.72. The van der Waals surface area contributed by atoms with Gasteiger partial charge in [0.25, 0.3) is 0 Å². The zero-order chi connectivity index (χ0) is 14.2. The summed E-state index contributed by atoms with van der Waals surface area (Å²) in [5.74, 6) is 7.04. The first-order valence-electron chi connectivity index (χ1n) is 6.64. The molecule has 0 radical (unpaired) electrons. The van der Waals surface area contributed by atoms with Crippen LogP contribution >= 0.6 is 11.3 Å². The van der Waals surface area contributed by atoms with Crippen molar-refractivity contribution in [2.24, 2.45) is 5.84 Å². The van der Waals surface area contributed by atoms with E-state index in [1.807, 2.05) is 11.4 Å². The number of nitrogens with one attached hydrogen (secondary N) is 1. The Hall–Kier alpha value is -1.28. The fourth-order valence-corrected chi connectivity index (χ4v) is 3.31. The average Bonchev–Trinajstić information content (AvgIpc) is 2.84. The van der Waals surface area contributed by atoms with Gasteiger partial charge in [-0.25, -0.2) is 15.8 Å². The highest BCUT2D eigenvalue weighted by molar-refractivity contribution is 7.16. The van der Waals surface area contributed by atoms with E-state index in [0.717, 1.165) is 42.3 Å². The van der Waals surface area contributed by atoms with Crippen LogP contribution in [0.1, 0.15) is 19.7 Å². The maximum Gasteiger partial charge on any atom is 0.152 e. The molecule has 1 fully saturated rings. The molecule has 3 N–H and O–H groups in total. The maximum atomic E-state index is 5.72. The van der Waals surface area contributed by atoms with Crippen LogP contribution in [0.4, 0.5) is 5.82 Å². The molecule has 0 unspecified atom stereocenters. The van der Waals surface area contributed by atoms with Gasteiger partial charge in [0, 0.05) is 13.1 Å². The topological polar surface area (TPSA) is 76.3 Å². The highest BCUT2D eigenvalue weighted by atomic mass is 32.1. The Labute approximate surface area is 121 Å². The number of hydrogen-bond acceptors (Lipinski definition) is 7. The van der Waals surface area contributed by atoms with Gasteiger partial charge in [-0.15, -0.1) is 11.3 Å². The molecule has 1 aliphatic heterocycles. The van der Waals surface area contributed by atoms with Crippen LogP contribution in [-0.4, -0.2) is 40.2 Å². The molecule has 7 heteroatoms. The van der Waals surface area contributed by atoms with E-state index in [-0.39, 0.29) is 5.60 Å². The van der Waals surface area contributed by atoms with Crippen LogP contribution < -0.4 is 11.3 Å². The van der Waals surface area contributed by atoms with E-state index in [4.69, 9.17) is 10.6 Å². The molecular weight excluding hydrogens is 274 g/mol. The van der Waals surface area contributed by atoms with Crippen molar-refractivity contribution in [3.8, 4) is 0 Å². The zero-order valence-corrected chi connectivity index (χ0v) is 12.5. The highest BCUT2D eigenvalue weighted by Gasteiger charge is 2.27. The van der Waals surface area contributed by atoms with Gasteiger partial charge in [0.05, 0.1) is 24.1 Å². The van der Waals surface area contributed by atoms with Gasteiger partial charge in [-0.2, -0.15) is 0 Å². The zero-order valence-electron chi connectivity index (χ0n) is 11.7. The van der Waals surface area contributed by atoms with E-state index in [9.17, 15) is 0 Å². The third kappa shape index (κ3) is 2.76. The number of hydrazine groups is 1. The normalized spacial score (nSPS) is 19.4. The van der Waals surface area contributed by atoms with Crippen LogP contribution in [0.5, 0.6) is 0 Å².